The van der Waals surface area contributed by atoms with Gasteiger partial charge in [-0.3, -0.25) is 19.5 Å². The molecule has 3 aromatic carbocycles. The molecule has 1 atom stereocenters. The van der Waals surface area contributed by atoms with Crippen LogP contribution in [0.2, 0.25) is 10.0 Å². The Kier molecular flexibility index (Phi) is 9.48. The Bertz CT molecular complexity index is 1920. The molecule has 0 bridgehead atoms. The molecule has 3 fully saturated rings. The fourth-order valence-corrected chi connectivity index (χ4v) is 7.65. The summed E-state index contributed by atoms with van der Waals surface area (Å²) in [5.41, 5.74) is 4.95. The molecule has 4 N–H and O–H groups in total. The highest BCUT2D eigenvalue weighted by Crippen LogP contribution is 2.42. The van der Waals surface area contributed by atoms with E-state index in [0.717, 1.165) is 37.1 Å². The van der Waals surface area contributed by atoms with Gasteiger partial charge in [-0.1, -0.05) is 59.6 Å². The van der Waals surface area contributed by atoms with Crippen molar-refractivity contribution in [3.05, 3.63) is 93.8 Å². The summed E-state index contributed by atoms with van der Waals surface area (Å²) in [6.07, 6.45) is 4.47. The smallest absolute Gasteiger partial charge is 0.220 e. The van der Waals surface area contributed by atoms with Gasteiger partial charge in [-0.25, -0.2) is 4.39 Å². The molecule has 1 aromatic heterocycles. The Hall–Kier alpha value is -4.22. The van der Waals surface area contributed by atoms with Gasteiger partial charge in [0.15, 0.2) is 5.82 Å². The topological polar surface area (TPSA) is 108 Å². The van der Waals surface area contributed by atoms with Crippen LogP contribution in [0.5, 0.6) is 5.75 Å². The molecule has 3 saturated heterocycles. The monoisotopic (exact) mass is 702 g/mol. The number of anilines is 2. The van der Waals surface area contributed by atoms with Crippen molar-refractivity contribution >= 4 is 46.4 Å². The van der Waals surface area contributed by atoms with Crippen LogP contribution in [-0.4, -0.2) is 60.0 Å². The van der Waals surface area contributed by atoms with Crippen LogP contribution in [0.25, 0.3) is 22.4 Å². The van der Waals surface area contributed by atoms with Crippen molar-refractivity contribution < 1.29 is 18.7 Å². The fraction of sp³-hybridized carbons (Fsp3) is 0.324. The number of nitrogens with one attached hydrogen (secondary N) is 4. The zero-order valence-corrected chi connectivity index (χ0v) is 28.6. The predicted molar refractivity (Wildman–Crippen MR) is 190 cm³/mol. The van der Waals surface area contributed by atoms with Gasteiger partial charge in [-0.15, -0.1) is 0 Å². The summed E-state index contributed by atoms with van der Waals surface area (Å²) in [6, 6.07) is 18.6. The molecule has 0 radical (unpaired) electrons. The number of carbonyl (C=O) groups is 2. The first-order chi connectivity index (χ1) is 23.7. The normalized spacial score (nSPS) is 18.3. The highest BCUT2D eigenvalue weighted by atomic mass is 35.5. The number of carbonyl (C=O) groups excluding carboxylic acids is 2. The number of pyridine rings is 1. The van der Waals surface area contributed by atoms with Crippen LogP contribution in [0.3, 0.4) is 0 Å². The number of hydrogen-bond acceptors (Lipinski definition) is 7. The van der Waals surface area contributed by atoms with Crippen molar-refractivity contribution in [1.82, 2.24) is 25.8 Å². The van der Waals surface area contributed by atoms with Gasteiger partial charge in [0.2, 0.25) is 11.8 Å². The third-order valence-electron chi connectivity index (χ3n) is 9.56. The van der Waals surface area contributed by atoms with E-state index < -0.39 is 0 Å². The van der Waals surface area contributed by atoms with E-state index in [1.54, 1.807) is 31.5 Å². The molecule has 4 aromatic rings. The highest BCUT2D eigenvalue weighted by molar-refractivity contribution is 6.39. The summed E-state index contributed by atoms with van der Waals surface area (Å²) in [7, 11) is 1.62. The van der Waals surface area contributed by atoms with Crippen LogP contribution in [0.1, 0.15) is 36.8 Å². The average molecular weight is 704 g/mol. The minimum absolute atomic E-state index is 0.0901. The lowest BCUT2D eigenvalue weighted by Gasteiger charge is -2.48. The third-order valence-corrected chi connectivity index (χ3v) is 10.3. The van der Waals surface area contributed by atoms with Gasteiger partial charge in [0.25, 0.3) is 0 Å². The van der Waals surface area contributed by atoms with Crippen LogP contribution >= 0.6 is 23.2 Å². The Morgan fingerprint density at radius 2 is 1.78 bits per heavy atom. The number of aromatic nitrogens is 1. The molecule has 2 amide bonds. The largest absolute Gasteiger partial charge is 0.496 e. The number of halogens is 3. The summed E-state index contributed by atoms with van der Waals surface area (Å²) in [5.74, 6) is 0.531. The zero-order chi connectivity index (χ0) is 34.1. The SMILES string of the molecule is COc1cc(-c2nccc(-c3cccc(Nc4cccc(CN5CC6(CCC(=O)N6)C5)c4F)c3Cl)c2Cl)ccc1CNCC1CCC(=O)N1. The lowest BCUT2D eigenvalue weighted by molar-refractivity contribution is -0.121. The molecule has 3 aliphatic heterocycles. The third kappa shape index (κ3) is 6.96. The lowest BCUT2D eigenvalue weighted by Crippen LogP contribution is -2.66. The molecule has 7 rings (SSSR count). The molecule has 49 heavy (non-hydrogen) atoms. The number of amides is 2. The second kappa shape index (κ2) is 14.0. The lowest BCUT2D eigenvalue weighted by atomic mass is 9.88. The van der Waals surface area contributed by atoms with Gasteiger partial charge in [0.05, 0.1) is 39.8 Å². The van der Waals surface area contributed by atoms with E-state index in [2.05, 4.69) is 31.2 Å². The Morgan fingerprint density at radius 1 is 0.980 bits per heavy atom. The van der Waals surface area contributed by atoms with Gasteiger partial charge >= 0.3 is 0 Å². The predicted octanol–water partition coefficient (Wildman–Crippen LogP) is 6.45. The Morgan fingerprint density at radius 3 is 2.53 bits per heavy atom. The van der Waals surface area contributed by atoms with E-state index in [1.165, 1.54) is 0 Å². The van der Waals surface area contributed by atoms with Crippen molar-refractivity contribution in [2.24, 2.45) is 0 Å². The summed E-state index contributed by atoms with van der Waals surface area (Å²) in [5, 5.41) is 13.5. The van der Waals surface area contributed by atoms with Crippen LogP contribution in [0.15, 0.2) is 66.9 Å². The molecule has 0 aliphatic carbocycles. The maximum Gasteiger partial charge on any atom is 0.220 e. The van der Waals surface area contributed by atoms with Crippen LogP contribution in [0.4, 0.5) is 15.8 Å². The number of likely N-dealkylation sites (tertiary alicyclic amines) is 1. The van der Waals surface area contributed by atoms with Crippen molar-refractivity contribution in [2.75, 3.05) is 32.1 Å². The minimum Gasteiger partial charge on any atom is -0.496 e. The molecular formula is C37H37Cl2FN6O3. The van der Waals surface area contributed by atoms with Gasteiger partial charge in [-0.05, 0) is 37.1 Å². The number of hydrogen-bond donors (Lipinski definition) is 4. The van der Waals surface area contributed by atoms with E-state index in [0.29, 0.717) is 82.0 Å². The average Bonchev–Trinajstić information content (AvgIpc) is 3.69. The molecule has 12 heteroatoms. The van der Waals surface area contributed by atoms with Gasteiger partial charge < -0.3 is 26.0 Å². The first kappa shape index (κ1) is 33.3. The molecule has 1 unspecified atom stereocenters. The summed E-state index contributed by atoms with van der Waals surface area (Å²) < 4.78 is 21.5. The summed E-state index contributed by atoms with van der Waals surface area (Å²) >= 11 is 14.0. The number of methoxy groups -OCH3 is 1. The molecular weight excluding hydrogens is 666 g/mol. The Balaban J connectivity index is 1.07. The van der Waals surface area contributed by atoms with Gasteiger partial charge in [0.1, 0.15) is 5.75 Å². The number of benzene rings is 3. The van der Waals surface area contributed by atoms with Crippen molar-refractivity contribution in [3.8, 4) is 28.1 Å². The second-order valence-corrected chi connectivity index (χ2v) is 13.8. The summed E-state index contributed by atoms with van der Waals surface area (Å²) in [6.45, 7) is 3.14. The Labute approximate surface area is 294 Å². The molecule has 9 nitrogen and oxygen atoms in total. The van der Waals surface area contributed by atoms with Crippen LogP contribution < -0.4 is 26.0 Å². The van der Waals surface area contributed by atoms with E-state index in [1.807, 2.05) is 42.5 Å². The second-order valence-electron chi connectivity index (χ2n) is 13.0. The van der Waals surface area contributed by atoms with Gasteiger partial charge in [-0.2, -0.15) is 0 Å². The fourth-order valence-electron chi connectivity index (χ4n) is 7.06. The maximum atomic E-state index is 15.8. The van der Waals surface area contributed by atoms with E-state index >= 15 is 4.39 Å². The van der Waals surface area contributed by atoms with Crippen molar-refractivity contribution in [3.63, 3.8) is 0 Å². The van der Waals surface area contributed by atoms with Crippen molar-refractivity contribution in [1.29, 1.82) is 0 Å². The molecule has 1 spiro atoms. The summed E-state index contributed by atoms with van der Waals surface area (Å²) in [4.78, 5) is 29.9. The molecule has 0 saturated carbocycles. The quantitative estimate of drug-likeness (QED) is 0.142. The van der Waals surface area contributed by atoms with Gasteiger partial charge in [0, 0.05) is 85.6 Å². The standard InChI is InChI=1S/C37H37Cl2FN6O3/c1-49-30-16-22(8-9-23(30)17-41-18-25-10-11-31(47)43-25)36-34(39)27(13-15-42-36)26-5-3-6-28(33(26)38)44-29-7-2-4-24(35(29)40)19-46-20-37(21-46)14-12-32(48)45-37/h2-9,13,15-16,25,41,44H,10-12,14,17-21H2,1H3,(H,43,47)(H,45,48). The first-order valence-electron chi connectivity index (χ1n) is 16.4. The molecule has 254 valence electrons. The van der Waals surface area contributed by atoms with Crippen LogP contribution in [-0.2, 0) is 22.7 Å². The number of ether oxygens (including phenoxy) is 1. The zero-order valence-electron chi connectivity index (χ0n) is 27.0. The number of rotatable bonds is 11. The van der Waals surface area contributed by atoms with Crippen molar-refractivity contribution in [2.45, 2.75) is 50.4 Å². The maximum absolute atomic E-state index is 15.8. The molecule has 4 heterocycles. The molecule has 3 aliphatic rings. The highest BCUT2D eigenvalue weighted by Gasteiger charge is 2.47. The first-order valence-corrected chi connectivity index (χ1v) is 17.2. The van der Waals surface area contributed by atoms with E-state index in [4.69, 9.17) is 27.9 Å². The van der Waals surface area contributed by atoms with E-state index in [-0.39, 0.29) is 29.2 Å². The van der Waals surface area contributed by atoms with Crippen LogP contribution in [0, 0.1) is 5.82 Å². The minimum atomic E-state index is -0.345. The number of nitrogens with zero attached hydrogens (tertiary/aromatic N) is 2. The van der Waals surface area contributed by atoms with E-state index in [9.17, 15) is 9.59 Å².